The number of hydrogen-bond acceptors (Lipinski definition) is 7. The lowest BCUT2D eigenvalue weighted by molar-refractivity contribution is 0.395. The molecule has 1 aliphatic heterocycles. The lowest BCUT2D eigenvalue weighted by atomic mass is 9.99. The lowest BCUT2D eigenvalue weighted by Gasteiger charge is -2.24. The summed E-state index contributed by atoms with van der Waals surface area (Å²) in [5, 5.41) is 8.29. The van der Waals surface area contributed by atoms with Gasteiger partial charge in [0.1, 0.15) is 23.0 Å². The Morgan fingerprint density at radius 1 is 0.919 bits per heavy atom. The molecule has 2 aromatic heterocycles. The second-order valence-corrected chi connectivity index (χ2v) is 9.03. The fourth-order valence-electron chi connectivity index (χ4n) is 4.64. The summed E-state index contributed by atoms with van der Waals surface area (Å²) in [5.74, 6) is 2.61. The zero-order valence-corrected chi connectivity index (χ0v) is 21.0. The van der Waals surface area contributed by atoms with Gasteiger partial charge in [-0.3, -0.25) is 0 Å². The first-order chi connectivity index (χ1) is 18.1. The number of hydrazone groups is 1. The van der Waals surface area contributed by atoms with Crippen LogP contribution in [0, 0.1) is 0 Å². The quantitative estimate of drug-likeness (QED) is 0.247. The highest BCUT2D eigenvalue weighted by Crippen LogP contribution is 2.42. The van der Waals surface area contributed by atoms with Crippen LogP contribution in [0.2, 0.25) is 5.02 Å². The molecular formula is C29H23ClN4O3. The summed E-state index contributed by atoms with van der Waals surface area (Å²) in [6, 6.07) is 24.9. The van der Waals surface area contributed by atoms with Gasteiger partial charge in [-0.05, 0) is 48.5 Å². The molecule has 0 N–H and O–H groups in total. The highest BCUT2D eigenvalue weighted by Gasteiger charge is 2.35. The normalized spacial score (nSPS) is 15.2. The van der Waals surface area contributed by atoms with Gasteiger partial charge in [-0.1, -0.05) is 41.9 Å². The number of halogens is 1. The van der Waals surface area contributed by atoms with Crippen molar-refractivity contribution in [2.45, 2.75) is 12.5 Å². The number of methoxy groups -OCH3 is 2. The summed E-state index contributed by atoms with van der Waals surface area (Å²) in [6.07, 6.45) is 2.21. The van der Waals surface area contributed by atoms with Crippen LogP contribution < -0.4 is 14.5 Å². The summed E-state index contributed by atoms with van der Waals surface area (Å²) in [6.45, 7) is 0. The first-order valence-electron chi connectivity index (χ1n) is 11.8. The largest absolute Gasteiger partial charge is 0.497 e. The molecule has 0 radical (unpaired) electrons. The smallest absolute Gasteiger partial charge is 0.247 e. The van der Waals surface area contributed by atoms with Crippen LogP contribution in [0.4, 0.5) is 5.95 Å². The fourth-order valence-corrected chi connectivity index (χ4v) is 4.81. The van der Waals surface area contributed by atoms with Gasteiger partial charge in [-0.25, -0.2) is 15.0 Å². The second kappa shape index (κ2) is 9.59. The summed E-state index contributed by atoms with van der Waals surface area (Å²) >= 11 is 6.36. The van der Waals surface area contributed by atoms with Crippen molar-refractivity contribution in [3.8, 4) is 22.8 Å². The molecule has 184 valence electrons. The van der Waals surface area contributed by atoms with Crippen molar-refractivity contribution in [3.05, 3.63) is 101 Å². The van der Waals surface area contributed by atoms with Crippen LogP contribution in [0.25, 0.3) is 22.2 Å². The van der Waals surface area contributed by atoms with E-state index >= 15 is 0 Å². The lowest BCUT2D eigenvalue weighted by Crippen LogP contribution is -2.22. The molecule has 7 nitrogen and oxygen atoms in total. The number of aromatic nitrogens is 2. The van der Waals surface area contributed by atoms with Crippen LogP contribution in [0.1, 0.15) is 23.8 Å². The Morgan fingerprint density at radius 2 is 1.78 bits per heavy atom. The van der Waals surface area contributed by atoms with E-state index in [4.69, 9.17) is 40.6 Å². The summed E-state index contributed by atoms with van der Waals surface area (Å²) < 4.78 is 17.0. The molecule has 0 saturated heterocycles. The summed E-state index contributed by atoms with van der Waals surface area (Å²) in [4.78, 5) is 9.95. The van der Waals surface area contributed by atoms with Crippen LogP contribution >= 0.6 is 11.6 Å². The molecule has 1 aliphatic rings. The molecule has 0 spiro atoms. The minimum atomic E-state index is -0.251. The van der Waals surface area contributed by atoms with Gasteiger partial charge in [0.2, 0.25) is 5.95 Å². The number of benzene rings is 3. The molecule has 1 atom stereocenters. The van der Waals surface area contributed by atoms with E-state index in [-0.39, 0.29) is 6.04 Å². The van der Waals surface area contributed by atoms with E-state index in [1.54, 1.807) is 20.5 Å². The molecule has 3 heterocycles. The number of hydrogen-bond donors (Lipinski definition) is 0. The maximum atomic E-state index is 6.36. The maximum Gasteiger partial charge on any atom is 0.247 e. The number of fused-ring (bicyclic) bond motifs is 1. The first kappa shape index (κ1) is 23.1. The first-order valence-corrected chi connectivity index (χ1v) is 12.2. The van der Waals surface area contributed by atoms with Gasteiger partial charge in [0.05, 0.1) is 37.7 Å². The number of rotatable bonds is 6. The van der Waals surface area contributed by atoms with Gasteiger partial charge >= 0.3 is 0 Å². The van der Waals surface area contributed by atoms with E-state index in [0.717, 1.165) is 44.9 Å². The molecule has 37 heavy (non-hydrogen) atoms. The zero-order chi connectivity index (χ0) is 25.4. The van der Waals surface area contributed by atoms with Crippen LogP contribution in [0.5, 0.6) is 11.5 Å². The third kappa shape index (κ3) is 4.27. The van der Waals surface area contributed by atoms with Crippen molar-refractivity contribution in [1.82, 2.24) is 9.97 Å². The van der Waals surface area contributed by atoms with Gasteiger partial charge in [0, 0.05) is 28.0 Å². The highest BCUT2D eigenvalue weighted by atomic mass is 35.5. The number of furan rings is 1. The Morgan fingerprint density at radius 3 is 2.54 bits per heavy atom. The Kier molecular flexibility index (Phi) is 5.98. The zero-order valence-electron chi connectivity index (χ0n) is 20.3. The molecule has 6 rings (SSSR count). The molecule has 0 amide bonds. The summed E-state index contributed by atoms with van der Waals surface area (Å²) in [7, 11) is 3.30. The molecule has 0 saturated carbocycles. The van der Waals surface area contributed by atoms with Gasteiger partial charge < -0.3 is 13.9 Å². The van der Waals surface area contributed by atoms with Crippen LogP contribution in [0.15, 0.2) is 94.6 Å². The predicted molar refractivity (Wildman–Crippen MR) is 145 cm³/mol. The molecule has 8 heteroatoms. The van der Waals surface area contributed by atoms with Crippen molar-refractivity contribution in [2.75, 3.05) is 19.2 Å². The van der Waals surface area contributed by atoms with E-state index < -0.39 is 0 Å². The highest BCUT2D eigenvalue weighted by molar-refractivity contribution is 6.31. The SMILES string of the molecule is COc1ccc(OC)c([C@H]2CC(c3ccco3)=NN2c2nc(-c3ccccc3)c3cc(Cl)ccc3n2)c1. The van der Waals surface area contributed by atoms with Crippen molar-refractivity contribution in [3.63, 3.8) is 0 Å². The number of ether oxygens (including phenoxy) is 2. The number of nitrogens with zero attached hydrogens (tertiary/aromatic N) is 4. The average Bonchev–Trinajstić information content (AvgIpc) is 3.63. The second-order valence-electron chi connectivity index (χ2n) is 8.60. The number of anilines is 1. The molecule has 0 unspecified atom stereocenters. The molecule has 0 aliphatic carbocycles. The van der Waals surface area contributed by atoms with Crippen LogP contribution in [-0.2, 0) is 0 Å². The molecule has 5 aromatic rings. The summed E-state index contributed by atoms with van der Waals surface area (Å²) in [5.41, 5.74) is 4.21. The third-order valence-corrected chi connectivity index (χ3v) is 6.65. The van der Waals surface area contributed by atoms with Crippen molar-refractivity contribution in [2.24, 2.45) is 5.10 Å². The molecule has 3 aromatic carbocycles. The van der Waals surface area contributed by atoms with Crippen LogP contribution in [-0.4, -0.2) is 29.9 Å². The minimum Gasteiger partial charge on any atom is -0.497 e. The van der Waals surface area contributed by atoms with Gasteiger partial charge in [-0.2, -0.15) is 5.10 Å². The van der Waals surface area contributed by atoms with Crippen molar-refractivity contribution in [1.29, 1.82) is 0 Å². The Labute approximate surface area is 218 Å². The predicted octanol–water partition coefficient (Wildman–Crippen LogP) is 6.92. The van der Waals surface area contributed by atoms with E-state index in [9.17, 15) is 0 Å². The third-order valence-electron chi connectivity index (χ3n) is 6.41. The van der Waals surface area contributed by atoms with Crippen molar-refractivity contribution < 1.29 is 13.9 Å². The topological polar surface area (TPSA) is 73.0 Å². The minimum absolute atomic E-state index is 0.251. The monoisotopic (exact) mass is 510 g/mol. The fraction of sp³-hybridized carbons (Fsp3) is 0.138. The molecule has 0 bridgehead atoms. The maximum absolute atomic E-state index is 6.36. The van der Waals surface area contributed by atoms with Crippen molar-refractivity contribution >= 4 is 34.2 Å². The van der Waals surface area contributed by atoms with Crippen LogP contribution in [0.3, 0.4) is 0 Å². The van der Waals surface area contributed by atoms with E-state index in [1.165, 1.54) is 0 Å². The van der Waals surface area contributed by atoms with Gasteiger partial charge in [0.15, 0.2) is 0 Å². The van der Waals surface area contributed by atoms with E-state index in [1.807, 2.05) is 83.9 Å². The Bertz CT molecular complexity index is 1600. The molecule has 0 fully saturated rings. The van der Waals surface area contributed by atoms with E-state index in [0.29, 0.717) is 23.2 Å². The standard InChI is InChI=1S/C29H23ClN4O3/c1-35-20-11-13-26(36-2)22(16-20)25-17-24(27-9-6-14-37-27)33-34(25)29-31-23-12-10-19(30)15-21(23)28(32-29)18-7-4-3-5-8-18/h3-16,25H,17H2,1-2H3/t25-/m1/s1. The van der Waals surface area contributed by atoms with E-state index in [2.05, 4.69) is 0 Å². The van der Waals surface area contributed by atoms with Gasteiger partial charge in [0.25, 0.3) is 0 Å². The average molecular weight is 511 g/mol. The Balaban J connectivity index is 1.56. The van der Waals surface area contributed by atoms with Gasteiger partial charge in [-0.15, -0.1) is 0 Å². The Hall–Kier alpha value is -4.36. The molecular weight excluding hydrogens is 488 g/mol.